The Bertz CT molecular complexity index is 1070. The highest BCUT2D eigenvalue weighted by Gasteiger charge is 2.21. The van der Waals surface area contributed by atoms with Crippen LogP contribution in [0, 0.1) is 0 Å². The Kier molecular flexibility index (Phi) is 8.56. The SMILES string of the molecule is CCN(CC)S(=O)(=O)c1ccc(NC(=O)CCNS(=O)(=O)c2ccc(Br)cc2)cc1. The highest BCUT2D eigenvalue weighted by molar-refractivity contribution is 9.10. The molecule has 0 saturated heterocycles. The van der Waals surface area contributed by atoms with Crippen molar-refractivity contribution in [2.45, 2.75) is 30.1 Å². The van der Waals surface area contributed by atoms with E-state index in [0.29, 0.717) is 18.8 Å². The fourth-order valence-electron chi connectivity index (χ4n) is 2.64. The molecule has 0 aliphatic carbocycles. The molecule has 2 aromatic carbocycles. The van der Waals surface area contributed by atoms with Gasteiger partial charge in [0.25, 0.3) is 0 Å². The summed E-state index contributed by atoms with van der Waals surface area (Å²) in [5.41, 5.74) is 0.425. The largest absolute Gasteiger partial charge is 0.326 e. The van der Waals surface area contributed by atoms with E-state index in [9.17, 15) is 21.6 Å². The van der Waals surface area contributed by atoms with Crippen LogP contribution in [0.15, 0.2) is 62.8 Å². The van der Waals surface area contributed by atoms with Crippen molar-refractivity contribution in [3.05, 3.63) is 53.0 Å². The van der Waals surface area contributed by atoms with Gasteiger partial charge in [-0.3, -0.25) is 4.79 Å². The van der Waals surface area contributed by atoms with Gasteiger partial charge in [0, 0.05) is 36.2 Å². The first-order valence-corrected chi connectivity index (χ1v) is 13.0. The number of nitrogens with zero attached hydrogens (tertiary/aromatic N) is 1. The summed E-state index contributed by atoms with van der Waals surface area (Å²) < 4.78 is 53.8. The second-order valence-corrected chi connectivity index (χ2v) is 10.9. The standard InChI is InChI=1S/C19H24BrN3O5S2/c1-3-23(4-2)30(27,28)18-11-7-16(8-12-18)22-19(24)13-14-21-29(25,26)17-9-5-15(20)6-10-17/h5-12,21H,3-4,13-14H2,1-2H3,(H,22,24). The molecule has 164 valence electrons. The average molecular weight is 518 g/mol. The molecule has 0 aliphatic heterocycles. The topological polar surface area (TPSA) is 113 Å². The van der Waals surface area contributed by atoms with E-state index in [0.717, 1.165) is 4.47 Å². The molecule has 11 heteroatoms. The monoisotopic (exact) mass is 517 g/mol. The van der Waals surface area contributed by atoms with Gasteiger partial charge in [-0.05, 0) is 48.5 Å². The van der Waals surface area contributed by atoms with Crippen LogP contribution in [0.5, 0.6) is 0 Å². The minimum atomic E-state index is -3.70. The molecule has 0 saturated carbocycles. The van der Waals surface area contributed by atoms with Crippen LogP contribution >= 0.6 is 15.9 Å². The van der Waals surface area contributed by atoms with Crippen molar-refractivity contribution in [3.63, 3.8) is 0 Å². The lowest BCUT2D eigenvalue weighted by Crippen LogP contribution is -2.30. The van der Waals surface area contributed by atoms with Crippen molar-refractivity contribution in [2.75, 3.05) is 25.0 Å². The van der Waals surface area contributed by atoms with Gasteiger partial charge in [-0.1, -0.05) is 29.8 Å². The predicted octanol–water partition coefficient (Wildman–Crippen LogP) is 2.79. The third kappa shape index (κ3) is 6.35. The second kappa shape index (κ2) is 10.5. The van der Waals surface area contributed by atoms with Gasteiger partial charge in [0.2, 0.25) is 26.0 Å². The number of hydrogen-bond acceptors (Lipinski definition) is 5. The van der Waals surface area contributed by atoms with Crippen LogP contribution in [0.2, 0.25) is 0 Å². The summed E-state index contributed by atoms with van der Waals surface area (Å²) >= 11 is 3.24. The minimum absolute atomic E-state index is 0.0708. The number of nitrogens with one attached hydrogen (secondary N) is 2. The van der Waals surface area contributed by atoms with E-state index in [4.69, 9.17) is 0 Å². The van der Waals surface area contributed by atoms with E-state index in [2.05, 4.69) is 26.0 Å². The molecule has 0 aromatic heterocycles. The first-order chi connectivity index (χ1) is 14.1. The van der Waals surface area contributed by atoms with E-state index < -0.39 is 26.0 Å². The van der Waals surface area contributed by atoms with Gasteiger partial charge in [0.15, 0.2) is 0 Å². The quantitative estimate of drug-likeness (QED) is 0.503. The fourth-order valence-corrected chi connectivity index (χ4v) is 5.40. The summed E-state index contributed by atoms with van der Waals surface area (Å²) in [5, 5.41) is 2.62. The number of carbonyl (C=O) groups excluding carboxylic acids is 1. The Morgan fingerprint density at radius 2 is 1.43 bits per heavy atom. The second-order valence-electron chi connectivity index (χ2n) is 6.26. The average Bonchev–Trinajstić information content (AvgIpc) is 2.69. The zero-order valence-electron chi connectivity index (χ0n) is 16.6. The molecule has 0 radical (unpaired) electrons. The number of hydrogen-bond donors (Lipinski definition) is 2. The third-order valence-corrected chi connectivity index (χ3v) is 8.32. The van der Waals surface area contributed by atoms with Gasteiger partial charge in [-0.2, -0.15) is 4.31 Å². The summed E-state index contributed by atoms with van der Waals surface area (Å²) in [7, 11) is -7.27. The van der Waals surface area contributed by atoms with Crippen molar-refractivity contribution in [1.29, 1.82) is 0 Å². The van der Waals surface area contributed by atoms with Crippen molar-refractivity contribution in [3.8, 4) is 0 Å². The Morgan fingerprint density at radius 1 is 0.900 bits per heavy atom. The van der Waals surface area contributed by atoms with Crippen molar-refractivity contribution >= 4 is 47.6 Å². The highest BCUT2D eigenvalue weighted by Crippen LogP contribution is 2.18. The van der Waals surface area contributed by atoms with Crippen molar-refractivity contribution < 1.29 is 21.6 Å². The van der Waals surface area contributed by atoms with E-state index in [1.807, 2.05) is 0 Å². The Labute approximate surface area is 185 Å². The summed E-state index contributed by atoms with van der Waals surface area (Å²) in [6.07, 6.45) is -0.0742. The molecule has 8 nitrogen and oxygen atoms in total. The normalized spacial score (nSPS) is 12.1. The van der Waals surface area contributed by atoms with Gasteiger partial charge in [0.1, 0.15) is 0 Å². The molecule has 1 amide bonds. The number of benzene rings is 2. The zero-order valence-corrected chi connectivity index (χ0v) is 19.8. The number of carbonyl (C=O) groups is 1. The predicted molar refractivity (Wildman–Crippen MR) is 119 cm³/mol. The summed E-state index contributed by atoms with van der Waals surface area (Å²) in [4.78, 5) is 12.3. The highest BCUT2D eigenvalue weighted by atomic mass is 79.9. The lowest BCUT2D eigenvalue weighted by Gasteiger charge is -2.18. The first kappa shape index (κ1) is 24.5. The van der Waals surface area contributed by atoms with Gasteiger partial charge >= 0.3 is 0 Å². The smallest absolute Gasteiger partial charge is 0.243 e. The summed E-state index contributed by atoms with van der Waals surface area (Å²) in [5.74, 6) is -0.396. The molecule has 0 atom stereocenters. The number of amides is 1. The molecule has 2 rings (SSSR count). The molecule has 30 heavy (non-hydrogen) atoms. The van der Waals surface area contributed by atoms with Crippen LogP contribution in [0.4, 0.5) is 5.69 Å². The fraction of sp³-hybridized carbons (Fsp3) is 0.316. The van der Waals surface area contributed by atoms with E-state index in [-0.39, 0.29) is 22.8 Å². The van der Waals surface area contributed by atoms with Crippen LogP contribution in [0.1, 0.15) is 20.3 Å². The lowest BCUT2D eigenvalue weighted by molar-refractivity contribution is -0.116. The molecule has 0 heterocycles. The van der Waals surface area contributed by atoms with Crippen LogP contribution < -0.4 is 10.0 Å². The number of sulfonamides is 2. The Balaban J connectivity index is 1.91. The Morgan fingerprint density at radius 3 is 1.97 bits per heavy atom. The molecule has 2 aromatic rings. The molecular formula is C19H24BrN3O5S2. The molecule has 0 spiro atoms. The van der Waals surface area contributed by atoms with Gasteiger partial charge in [-0.25, -0.2) is 21.6 Å². The maximum Gasteiger partial charge on any atom is 0.243 e. The van der Waals surface area contributed by atoms with Gasteiger partial charge in [0.05, 0.1) is 9.79 Å². The van der Waals surface area contributed by atoms with Crippen LogP contribution in [-0.4, -0.2) is 46.7 Å². The van der Waals surface area contributed by atoms with Crippen LogP contribution in [0.3, 0.4) is 0 Å². The number of rotatable bonds is 10. The van der Waals surface area contributed by atoms with E-state index in [1.165, 1.54) is 40.7 Å². The summed E-state index contributed by atoms with van der Waals surface area (Å²) in [6.45, 7) is 4.20. The minimum Gasteiger partial charge on any atom is -0.326 e. The van der Waals surface area contributed by atoms with E-state index in [1.54, 1.807) is 26.0 Å². The summed E-state index contributed by atoms with van der Waals surface area (Å²) in [6, 6.07) is 12.0. The molecule has 0 unspecified atom stereocenters. The van der Waals surface area contributed by atoms with Crippen molar-refractivity contribution in [2.24, 2.45) is 0 Å². The van der Waals surface area contributed by atoms with Crippen molar-refractivity contribution in [1.82, 2.24) is 9.03 Å². The molecule has 0 bridgehead atoms. The molecular weight excluding hydrogens is 494 g/mol. The Hall–Kier alpha value is -1.79. The van der Waals surface area contributed by atoms with Crippen LogP contribution in [0.25, 0.3) is 0 Å². The molecule has 0 fully saturated rings. The molecule has 0 aliphatic rings. The lowest BCUT2D eigenvalue weighted by atomic mass is 10.3. The van der Waals surface area contributed by atoms with E-state index >= 15 is 0 Å². The zero-order chi connectivity index (χ0) is 22.4. The molecule has 2 N–H and O–H groups in total. The maximum atomic E-state index is 12.5. The number of halogens is 1. The number of anilines is 1. The first-order valence-electron chi connectivity index (χ1n) is 9.25. The maximum absolute atomic E-state index is 12.5. The third-order valence-electron chi connectivity index (χ3n) is 4.25. The van der Waals surface area contributed by atoms with Gasteiger partial charge < -0.3 is 5.32 Å². The van der Waals surface area contributed by atoms with Gasteiger partial charge in [-0.15, -0.1) is 0 Å². The van der Waals surface area contributed by atoms with Crippen LogP contribution in [-0.2, 0) is 24.8 Å².